The molecule has 0 aromatic heterocycles. The van der Waals surface area contributed by atoms with Crippen LogP contribution in [0.1, 0.15) is 41.5 Å². The third kappa shape index (κ3) is 23.2. The SMILES string of the molecule is CC(C)(C)C(=O)/C(O)=C(\O)C(=O)C(C)(C)C.[CH]1[CH][CH][CH][CH]1.[CH]1[CH][CH][CH][CH]1.[CH]1[CH][CH][CH][CH]1.[CH]1[CH][CH][CH][CH]1.[Sc].[Sc]. The Kier molecular flexibility index (Phi) is 28.4. The first-order valence-corrected chi connectivity index (χ1v) is 11.8. The van der Waals surface area contributed by atoms with Crippen molar-refractivity contribution in [1.82, 2.24) is 0 Å². The molecule has 4 aliphatic carbocycles. The molecule has 22 radical (unpaired) electrons. The van der Waals surface area contributed by atoms with Crippen molar-refractivity contribution in [2.75, 3.05) is 0 Å². The predicted octanol–water partition coefficient (Wildman–Crippen LogP) is 6.63. The Morgan fingerprint density at radius 3 is 0.553 bits per heavy atom. The minimum Gasteiger partial charge on any atom is -0.502 e. The number of Topliss-reactive ketones (excluding diaryl/α,β-unsaturated/α-hetero) is 2. The second kappa shape index (κ2) is 25.2. The quantitative estimate of drug-likeness (QED) is 0.285. The number of carbonyl (C=O) groups excluding carboxylic acids is 2. The molecule has 0 amide bonds. The average Bonchev–Trinajstić information content (AvgIpc) is 3.67. The molecule has 0 atom stereocenters. The van der Waals surface area contributed by atoms with Crippen molar-refractivity contribution in [2.24, 2.45) is 10.8 Å². The number of aliphatic hydroxyl groups is 2. The van der Waals surface area contributed by atoms with Gasteiger partial charge >= 0.3 is 0 Å². The minimum atomic E-state index is -0.854. The van der Waals surface area contributed by atoms with Gasteiger partial charge in [-0.3, -0.25) is 9.59 Å². The monoisotopic (exact) mass is 578 g/mol. The van der Waals surface area contributed by atoms with Gasteiger partial charge < -0.3 is 10.2 Å². The molecule has 4 fully saturated rings. The van der Waals surface area contributed by atoms with Crippen molar-refractivity contribution in [3.8, 4) is 0 Å². The maximum Gasteiger partial charge on any atom is 0.206 e. The van der Waals surface area contributed by atoms with Crippen LogP contribution in [0.4, 0.5) is 0 Å². The maximum absolute atomic E-state index is 11.6. The van der Waals surface area contributed by atoms with E-state index in [1.54, 1.807) is 41.5 Å². The van der Waals surface area contributed by atoms with Crippen LogP contribution in [0.3, 0.4) is 0 Å². The summed E-state index contributed by atoms with van der Waals surface area (Å²) in [5.74, 6) is -3.01. The molecule has 0 heterocycles. The fraction of sp³-hybridized carbons (Fsp3) is 0.250. The summed E-state index contributed by atoms with van der Waals surface area (Å²) < 4.78 is 0. The van der Waals surface area contributed by atoms with Crippen molar-refractivity contribution in [2.45, 2.75) is 41.5 Å². The van der Waals surface area contributed by atoms with Crippen molar-refractivity contribution < 1.29 is 71.5 Å². The van der Waals surface area contributed by atoms with Crippen LogP contribution in [0.25, 0.3) is 0 Å². The van der Waals surface area contributed by atoms with E-state index in [1.165, 1.54) is 0 Å². The summed E-state index contributed by atoms with van der Waals surface area (Å²) in [7, 11) is 0. The van der Waals surface area contributed by atoms with E-state index in [2.05, 4.69) is 0 Å². The zero-order chi connectivity index (χ0) is 27.5. The van der Waals surface area contributed by atoms with Gasteiger partial charge in [-0.1, -0.05) is 41.5 Å². The summed E-state index contributed by atoms with van der Waals surface area (Å²) in [6.45, 7) is 9.59. The minimum absolute atomic E-state index is 0. The third-order valence-corrected chi connectivity index (χ3v) is 4.24. The molecule has 4 rings (SSSR count). The van der Waals surface area contributed by atoms with Crippen LogP contribution in [-0.2, 0) is 61.3 Å². The zero-order valence-corrected chi connectivity index (χ0v) is 27.0. The third-order valence-electron chi connectivity index (χ3n) is 4.24. The van der Waals surface area contributed by atoms with Gasteiger partial charge in [-0.15, -0.1) is 0 Å². The summed E-state index contributed by atoms with van der Waals surface area (Å²) >= 11 is 0. The summed E-state index contributed by atoms with van der Waals surface area (Å²) in [6.07, 6.45) is 40.0. The molecule has 4 aliphatic rings. The molecule has 4 saturated carbocycles. The van der Waals surface area contributed by atoms with Gasteiger partial charge in [0, 0.05) is 62.5 Å². The average molecular weight is 579 g/mol. The fourth-order valence-corrected chi connectivity index (χ4v) is 2.21. The molecule has 0 unspecified atom stereocenters. The maximum atomic E-state index is 11.6. The van der Waals surface area contributed by atoms with E-state index >= 15 is 0 Å². The van der Waals surface area contributed by atoms with Crippen molar-refractivity contribution in [3.63, 3.8) is 0 Å². The Bertz CT molecular complexity index is 510. The number of hydrogen-bond acceptors (Lipinski definition) is 4. The summed E-state index contributed by atoms with van der Waals surface area (Å²) in [4.78, 5) is 23.2. The van der Waals surface area contributed by atoms with E-state index in [4.69, 9.17) is 0 Å². The number of carbonyl (C=O) groups is 2. The van der Waals surface area contributed by atoms with Crippen LogP contribution in [0.5, 0.6) is 0 Å². The van der Waals surface area contributed by atoms with Gasteiger partial charge in [0.15, 0.2) is 0 Å². The molecular formula is C32H40O4Sc2. The molecule has 38 heavy (non-hydrogen) atoms. The number of aliphatic hydroxyl groups excluding tert-OH is 2. The topological polar surface area (TPSA) is 74.6 Å². The summed E-state index contributed by atoms with van der Waals surface area (Å²) in [5.41, 5.74) is -1.67. The van der Waals surface area contributed by atoms with Gasteiger partial charge in [-0.2, -0.15) is 0 Å². The Morgan fingerprint density at radius 1 is 0.368 bits per heavy atom. The molecule has 0 aromatic rings. The van der Waals surface area contributed by atoms with E-state index in [9.17, 15) is 19.8 Å². The van der Waals surface area contributed by atoms with Crippen molar-refractivity contribution >= 4 is 11.6 Å². The Morgan fingerprint density at radius 2 is 0.474 bits per heavy atom. The van der Waals surface area contributed by atoms with Crippen LogP contribution in [0.2, 0.25) is 0 Å². The standard InChI is InChI=1S/C12H20O4.4C5H5.2Sc/c1-11(2,3)9(15)7(13)8(14)10(16)12(4,5)6;4*1-2-4-5-3-1;;/h13-14H,1-6H3;4*1-5H;;/b8-7+;;;;;;. The van der Waals surface area contributed by atoms with Crippen LogP contribution in [0.15, 0.2) is 11.5 Å². The van der Waals surface area contributed by atoms with Crippen LogP contribution in [0, 0.1) is 139 Å². The first kappa shape index (κ1) is 42.9. The van der Waals surface area contributed by atoms with Crippen molar-refractivity contribution in [1.29, 1.82) is 0 Å². The van der Waals surface area contributed by atoms with Gasteiger partial charge in [0.1, 0.15) is 0 Å². The molecule has 0 saturated heterocycles. The fourth-order valence-electron chi connectivity index (χ4n) is 2.21. The van der Waals surface area contributed by atoms with Crippen molar-refractivity contribution in [3.05, 3.63) is 140 Å². The molecule has 6 heteroatoms. The van der Waals surface area contributed by atoms with E-state index in [-0.39, 0.29) is 51.7 Å². The van der Waals surface area contributed by atoms with Crippen LogP contribution >= 0.6 is 0 Å². The number of rotatable bonds is 2. The molecule has 0 spiro atoms. The molecule has 0 aliphatic heterocycles. The molecule has 0 aromatic carbocycles. The van der Waals surface area contributed by atoms with Gasteiger partial charge in [0.2, 0.25) is 23.1 Å². The largest absolute Gasteiger partial charge is 0.502 e. The number of allylic oxidation sites excluding steroid dienone is 2. The first-order valence-electron chi connectivity index (χ1n) is 11.8. The molecular weight excluding hydrogens is 538 g/mol. The molecule has 2 N–H and O–H groups in total. The second-order valence-electron chi connectivity index (χ2n) is 9.70. The Balaban J connectivity index is -0.000000451. The van der Waals surface area contributed by atoms with E-state index in [0.29, 0.717) is 0 Å². The first-order chi connectivity index (χ1) is 16.9. The number of ketones is 2. The van der Waals surface area contributed by atoms with E-state index in [1.807, 2.05) is 128 Å². The van der Waals surface area contributed by atoms with Crippen LogP contribution < -0.4 is 0 Å². The summed E-state index contributed by atoms with van der Waals surface area (Å²) in [6, 6.07) is 0. The van der Waals surface area contributed by atoms with Gasteiger partial charge in [0.05, 0.1) is 0 Å². The smallest absolute Gasteiger partial charge is 0.206 e. The second-order valence-corrected chi connectivity index (χ2v) is 9.70. The van der Waals surface area contributed by atoms with E-state index < -0.39 is 33.9 Å². The van der Waals surface area contributed by atoms with Gasteiger partial charge in [0.25, 0.3) is 0 Å². The predicted molar refractivity (Wildman–Crippen MR) is 147 cm³/mol. The Labute approximate surface area is 273 Å². The number of hydrogen-bond donors (Lipinski definition) is 2. The van der Waals surface area contributed by atoms with Gasteiger partial charge in [-0.25, -0.2) is 0 Å². The molecule has 198 valence electrons. The van der Waals surface area contributed by atoms with Crippen LogP contribution in [-0.4, -0.2) is 21.8 Å². The summed E-state index contributed by atoms with van der Waals surface area (Å²) in [5, 5.41) is 19.0. The molecule has 4 nitrogen and oxygen atoms in total. The Hall–Kier alpha value is 0.420. The van der Waals surface area contributed by atoms with Gasteiger partial charge in [-0.05, 0) is 128 Å². The zero-order valence-electron chi connectivity index (χ0n) is 23.4. The molecule has 0 bridgehead atoms. The normalized spacial score (nSPS) is 18.7. The van der Waals surface area contributed by atoms with E-state index in [0.717, 1.165) is 0 Å².